The quantitative estimate of drug-likeness (QED) is 0.658. The maximum absolute atomic E-state index is 10.9. The summed E-state index contributed by atoms with van der Waals surface area (Å²) in [5.74, 6) is -0.679. The minimum Gasteiger partial charge on any atom is -0.478 e. The van der Waals surface area contributed by atoms with Crippen LogP contribution in [0, 0.1) is 5.92 Å². The van der Waals surface area contributed by atoms with Crippen molar-refractivity contribution in [2.24, 2.45) is 5.92 Å². The summed E-state index contributed by atoms with van der Waals surface area (Å²) in [6.45, 7) is 2.01. The molecule has 1 aliphatic heterocycles. The smallest absolute Gasteiger partial charge is 0.337 e. The first-order chi connectivity index (χ1) is 6.68. The van der Waals surface area contributed by atoms with Gasteiger partial charge in [0.1, 0.15) is 0 Å². The molecule has 2 rings (SSSR count). The standard InChI is InChI=1S/C11H11NO2/c1-7-6-12-10-5-8(7)3-2-4-9(10)11(13)14/h2-6,8,12H,1H3,(H,13,14). The van der Waals surface area contributed by atoms with Gasteiger partial charge in [-0.25, -0.2) is 4.79 Å². The number of nitrogens with one attached hydrogen (secondary N) is 1. The molecule has 1 unspecified atom stereocenters. The molecule has 0 aromatic rings. The van der Waals surface area contributed by atoms with E-state index >= 15 is 0 Å². The first kappa shape index (κ1) is 8.81. The molecule has 2 N–H and O–H groups in total. The second-order valence-electron chi connectivity index (χ2n) is 3.41. The van der Waals surface area contributed by atoms with Crippen LogP contribution in [-0.2, 0) is 4.79 Å². The van der Waals surface area contributed by atoms with Crippen LogP contribution in [-0.4, -0.2) is 11.1 Å². The molecular weight excluding hydrogens is 178 g/mol. The summed E-state index contributed by atoms with van der Waals surface area (Å²) < 4.78 is 0. The van der Waals surface area contributed by atoms with E-state index in [1.165, 1.54) is 5.57 Å². The van der Waals surface area contributed by atoms with Crippen LogP contribution in [0.25, 0.3) is 0 Å². The highest BCUT2D eigenvalue weighted by Gasteiger charge is 2.19. The van der Waals surface area contributed by atoms with Gasteiger partial charge in [-0.15, -0.1) is 0 Å². The van der Waals surface area contributed by atoms with Crippen LogP contribution < -0.4 is 5.32 Å². The zero-order chi connectivity index (χ0) is 10.1. The molecule has 0 spiro atoms. The SMILES string of the molecule is CC1=CNC2=CC1C=CC=C2C(=O)O. The van der Waals surface area contributed by atoms with E-state index < -0.39 is 5.97 Å². The van der Waals surface area contributed by atoms with Crippen molar-refractivity contribution in [2.75, 3.05) is 0 Å². The van der Waals surface area contributed by atoms with Gasteiger partial charge >= 0.3 is 5.97 Å². The summed E-state index contributed by atoms with van der Waals surface area (Å²) in [4.78, 5) is 10.9. The lowest BCUT2D eigenvalue weighted by Gasteiger charge is -2.18. The number of hydrogen-bond donors (Lipinski definition) is 2. The van der Waals surface area contributed by atoms with E-state index in [-0.39, 0.29) is 5.92 Å². The van der Waals surface area contributed by atoms with E-state index in [0.717, 1.165) is 0 Å². The lowest BCUT2D eigenvalue weighted by molar-refractivity contribution is -0.132. The normalized spacial score (nSPS) is 24.1. The molecule has 1 heterocycles. The molecule has 2 bridgehead atoms. The fourth-order valence-corrected chi connectivity index (χ4v) is 1.57. The molecule has 0 saturated carbocycles. The Kier molecular flexibility index (Phi) is 2.00. The largest absolute Gasteiger partial charge is 0.478 e. The molecule has 0 saturated heterocycles. The molecule has 2 aliphatic rings. The van der Waals surface area contributed by atoms with Crippen molar-refractivity contribution in [3.63, 3.8) is 0 Å². The van der Waals surface area contributed by atoms with Crippen molar-refractivity contribution in [3.05, 3.63) is 47.3 Å². The maximum Gasteiger partial charge on any atom is 0.337 e. The minimum absolute atomic E-state index is 0.222. The van der Waals surface area contributed by atoms with E-state index in [1.54, 1.807) is 12.2 Å². The summed E-state index contributed by atoms with van der Waals surface area (Å²) in [6, 6.07) is 0. The molecule has 14 heavy (non-hydrogen) atoms. The van der Waals surface area contributed by atoms with Crippen molar-refractivity contribution in [3.8, 4) is 0 Å². The van der Waals surface area contributed by atoms with Crippen LogP contribution >= 0.6 is 0 Å². The number of carbonyl (C=O) groups is 1. The van der Waals surface area contributed by atoms with Gasteiger partial charge in [0.25, 0.3) is 0 Å². The van der Waals surface area contributed by atoms with Crippen molar-refractivity contribution >= 4 is 5.97 Å². The second-order valence-corrected chi connectivity index (χ2v) is 3.41. The third-order valence-corrected chi connectivity index (χ3v) is 2.43. The molecule has 0 aromatic heterocycles. The molecule has 72 valence electrons. The predicted molar refractivity (Wildman–Crippen MR) is 53.3 cm³/mol. The third-order valence-electron chi connectivity index (χ3n) is 2.43. The summed E-state index contributed by atoms with van der Waals surface area (Å²) in [6.07, 6.45) is 9.18. The maximum atomic E-state index is 10.9. The number of fused-ring (bicyclic) bond motifs is 1. The van der Waals surface area contributed by atoms with Crippen LogP contribution in [0.4, 0.5) is 0 Å². The summed E-state index contributed by atoms with van der Waals surface area (Å²) in [7, 11) is 0. The summed E-state index contributed by atoms with van der Waals surface area (Å²) in [5, 5.41) is 11.9. The molecule has 3 nitrogen and oxygen atoms in total. The summed E-state index contributed by atoms with van der Waals surface area (Å²) >= 11 is 0. The third kappa shape index (κ3) is 1.37. The zero-order valence-electron chi connectivity index (χ0n) is 7.82. The average Bonchev–Trinajstić information content (AvgIpc) is 2.32. The zero-order valence-corrected chi connectivity index (χ0v) is 7.82. The molecule has 0 radical (unpaired) electrons. The summed E-state index contributed by atoms with van der Waals surface area (Å²) in [5.41, 5.74) is 2.18. The van der Waals surface area contributed by atoms with Crippen molar-refractivity contribution in [2.45, 2.75) is 6.92 Å². The number of carboxylic acids is 1. The molecule has 0 aromatic carbocycles. The van der Waals surface area contributed by atoms with Gasteiger partial charge in [-0.3, -0.25) is 0 Å². The van der Waals surface area contributed by atoms with Gasteiger partial charge < -0.3 is 10.4 Å². The fraction of sp³-hybridized carbons (Fsp3) is 0.182. The Labute approximate surface area is 82.1 Å². The van der Waals surface area contributed by atoms with E-state index in [1.807, 2.05) is 25.3 Å². The second kappa shape index (κ2) is 3.18. The predicted octanol–water partition coefficient (Wildman–Crippen LogP) is 1.57. The monoisotopic (exact) mass is 189 g/mol. The molecule has 3 heteroatoms. The van der Waals surface area contributed by atoms with Gasteiger partial charge in [0.05, 0.1) is 5.57 Å². The van der Waals surface area contributed by atoms with Crippen molar-refractivity contribution in [1.82, 2.24) is 5.32 Å². The van der Waals surface area contributed by atoms with Crippen LogP contribution in [0.2, 0.25) is 0 Å². The van der Waals surface area contributed by atoms with Gasteiger partial charge in [0.15, 0.2) is 0 Å². The Morgan fingerprint density at radius 1 is 1.57 bits per heavy atom. The highest BCUT2D eigenvalue weighted by Crippen LogP contribution is 2.25. The molecule has 0 fully saturated rings. The van der Waals surface area contributed by atoms with Gasteiger partial charge in [-0.2, -0.15) is 0 Å². The topological polar surface area (TPSA) is 49.3 Å². The Morgan fingerprint density at radius 3 is 3.07 bits per heavy atom. The highest BCUT2D eigenvalue weighted by molar-refractivity contribution is 5.92. The van der Waals surface area contributed by atoms with Gasteiger partial charge in [0.2, 0.25) is 0 Å². The van der Waals surface area contributed by atoms with E-state index in [0.29, 0.717) is 11.3 Å². The van der Waals surface area contributed by atoms with Crippen LogP contribution in [0.1, 0.15) is 6.92 Å². The minimum atomic E-state index is -0.901. The Morgan fingerprint density at radius 2 is 2.36 bits per heavy atom. The van der Waals surface area contributed by atoms with Crippen LogP contribution in [0.15, 0.2) is 47.3 Å². The van der Waals surface area contributed by atoms with Crippen LogP contribution in [0.3, 0.4) is 0 Å². The Hall–Kier alpha value is -1.77. The lowest BCUT2D eigenvalue weighted by Crippen LogP contribution is -2.19. The first-order valence-corrected chi connectivity index (χ1v) is 4.45. The van der Waals surface area contributed by atoms with Crippen molar-refractivity contribution in [1.29, 1.82) is 0 Å². The Bertz CT molecular complexity index is 400. The van der Waals surface area contributed by atoms with Crippen LogP contribution in [0.5, 0.6) is 0 Å². The van der Waals surface area contributed by atoms with Gasteiger partial charge in [-0.1, -0.05) is 12.2 Å². The number of rotatable bonds is 1. The molecular formula is C11H11NO2. The van der Waals surface area contributed by atoms with E-state index in [9.17, 15) is 4.79 Å². The molecule has 0 amide bonds. The van der Waals surface area contributed by atoms with E-state index in [4.69, 9.17) is 5.11 Å². The Balaban J connectivity index is 2.40. The van der Waals surface area contributed by atoms with E-state index in [2.05, 4.69) is 5.32 Å². The highest BCUT2D eigenvalue weighted by atomic mass is 16.4. The number of aliphatic carboxylic acids is 1. The molecule has 1 atom stereocenters. The number of carboxylic acid groups (broad SMARTS) is 1. The van der Waals surface area contributed by atoms with Gasteiger partial charge in [-0.05, 0) is 24.6 Å². The number of hydrogen-bond acceptors (Lipinski definition) is 2. The average molecular weight is 189 g/mol. The van der Waals surface area contributed by atoms with Crippen molar-refractivity contribution < 1.29 is 9.90 Å². The first-order valence-electron chi connectivity index (χ1n) is 4.45. The molecule has 1 aliphatic carbocycles. The fourth-order valence-electron chi connectivity index (χ4n) is 1.57. The van der Waals surface area contributed by atoms with Gasteiger partial charge in [0, 0.05) is 17.8 Å². The number of allylic oxidation sites excluding steroid dienone is 5. The number of dihydropyridines is 1. The lowest BCUT2D eigenvalue weighted by atomic mass is 9.97.